The Morgan fingerprint density at radius 3 is 2.70 bits per heavy atom. The molecule has 30 heavy (non-hydrogen) atoms. The summed E-state index contributed by atoms with van der Waals surface area (Å²) in [5.41, 5.74) is 0.705. The van der Waals surface area contributed by atoms with Crippen molar-refractivity contribution in [3.63, 3.8) is 0 Å². The average molecular weight is 413 g/mol. The summed E-state index contributed by atoms with van der Waals surface area (Å²) in [5.74, 6) is 1.32. The van der Waals surface area contributed by atoms with Crippen LogP contribution in [0, 0.1) is 5.92 Å². The van der Waals surface area contributed by atoms with E-state index in [1.165, 1.54) is 6.42 Å². The number of piperazine rings is 1. The lowest BCUT2D eigenvalue weighted by Crippen LogP contribution is -2.56. The van der Waals surface area contributed by atoms with Gasteiger partial charge in [0.25, 0.3) is 5.56 Å². The third kappa shape index (κ3) is 3.88. The number of methoxy groups -OCH3 is 1. The van der Waals surface area contributed by atoms with Crippen LogP contribution < -0.4 is 5.56 Å². The second-order valence-corrected chi connectivity index (χ2v) is 8.62. The first kappa shape index (κ1) is 21.0. The first-order valence-corrected chi connectivity index (χ1v) is 11.0. The zero-order valence-electron chi connectivity index (χ0n) is 18.2. The molecule has 7 nitrogen and oxygen atoms in total. The predicted molar refractivity (Wildman–Crippen MR) is 116 cm³/mol. The largest absolute Gasteiger partial charge is 0.383 e. The molecule has 2 aliphatic rings. The number of hydrogen-bond acceptors (Lipinski definition) is 5. The molecule has 2 fully saturated rings. The predicted octanol–water partition coefficient (Wildman–Crippen LogP) is 2.44. The van der Waals surface area contributed by atoms with Gasteiger partial charge in [-0.25, -0.2) is 4.98 Å². The van der Waals surface area contributed by atoms with E-state index in [4.69, 9.17) is 9.72 Å². The molecular formula is C23H32N4O3. The number of rotatable bonds is 6. The molecule has 1 saturated carbocycles. The van der Waals surface area contributed by atoms with Crippen LogP contribution in [0.4, 0.5) is 0 Å². The normalized spacial score (nSPS) is 21.6. The second-order valence-electron chi connectivity index (χ2n) is 8.62. The molecule has 1 aliphatic heterocycles. The van der Waals surface area contributed by atoms with Crippen molar-refractivity contribution in [1.29, 1.82) is 0 Å². The number of carbonyl (C=O) groups is 1. The molecule has 2 aromatic rings. The van der Waals surface area contributed by atoms with Crippen LogP contribution >= 0.6 is 0 Å². The van der Waals surface area contributed by atoms with Crippen LogP contribution in [0.15, 0.2) is 29.1 Å². The minimum Gasteiger partial charge on any atom is -0.383 e. The third-order valence-electron chi connectivity index (χ3n) is 6.73. The highest BCUT2D eigenvalue weighted by Crippen LogP contribution is 2.30. The first-order chi connectivity index (χ1) is 14.5. The van der Waals surface area contributed by atoms with Crippen LogP contribution in [0.1, 0.15) is 45.0 Å². The summed E-state index contributed by atoms with van der Waals surface area (Å²) in [6.07, 6.45) is 3.25. The summed E-state index contributed by atoms with van der Waals surface area (Å²) in [7, 11) is 1.64. The summed E-state index contributed by atoms with van der Waals surface area (Å²) in [4.78, 5) is 35.2. The van der Waals surface area contributed by atoms with Gasteiger partial charge in [0.1, 0.15) is 5.82 Å². The monoisotopic (exact) mass is 412 g/mol. The van der Waals surface area contributed by atoms with Crippen LogP contribution in [-0.4, -0.2) is 64.7 Å². The fraction of sp³-hybridized carbons (Fsp3) is 0.609. The van der Waals surface area contributed by atoms with E-state index in [1.54, 1.807) is 11.7 Å². The van der Waals surface area contributed by atoms with Gasteiger partial charge in [-0.2, -0.15) is 0 Å². The fourth-order valence-corrected chi connectivity index (χ4v) is 4.62. The van der Waals surface area contributed by atoms with Gasteiger partial charge < -0.3 is 9.64 Å². The van der Waals surface area contributed by atoms with Crippen LogP contribution in [0.25, 0.3) is 10.9 Å². The molecule has 1 aromatic heterocycles. The highest BCUT2D eigenvalue weighted by molar-refractivity contribution is 5.80. The molecule has 0 radical (unpaired) electrons. The molecule has 2 heterocycles. The topological polar surface area (TPSA) is 67.7 Å². The Balaban J connectivity index is 1.59. The van der Waals surface area contributed by atoms with Crippen LogP contribution in [0.5, 0.6) is 0 Å². The first-order valence-electron chi connectivity index (χ1n) is 11.0. The van der Waals surface area contributed by atoms with Gasteiger partial charge in [0.05, 0.1) is 30.1 Å². The van der Waals surface area contributed by atoms with Gasteiger partial charge in [0, 0.05) is 38.7 Å². The highest BCUT2D eigenvalue weighted by Gasteiger charge is 2.36. The number of carbonyl (C=O) groups excluding carboxylic acids is 1. The van der Waals surface area contributed by atoms with Crippen molar-refractivity contribution in [2.24, 2.45) is 5.92 Å². The number of fused-ring (bicyclic) bond motifs is 1. The van der Waals surface area contributed by atoms with Gasteiger partial charge in [-0.15, -0.1) is 0 Å². The number of ether oxygens (including phenoxy) is 1. The number of benzene rings is 1. The molecule has 0 bridgehead atoms. The van der Waals surface area contributed by atoms with Gasteiger partial charge in [0.2, 0.25) is 5.91 Å². The van der Waals surface area contributed by atoms with Gasteiger partial charge >= 0.3 is 0 Å². The lowest BCUT2D eigenvalue weighted by Gasteiger charge is -2.44. The Bertz CT molecular complexity index is 969. The quantitative estimate of drug-likeness (QED) is 0.729. The van der Waals surface area contributed by atoms with E-state index < -0.39 is 0 Å². The molecule has 1 aliphatic carbocycles. The summed E-state index contributed by atoms with van der Waals surface area (Å²) in [6, 6.07) is 7.64. The molecule has 0 spiro atoms. The fourth-order valence-electron chi connectivity index (χ4n) is 4.62. The molecule has 2 atom stereocenters. The van der Waals surface area contributed by atoms with Crippen LogP contribution in [-0.2, 0) is 16.1 Å². The average Bonchev–Trinajstić information content (AvgIpc) is 2.71. The maximum Gasteiger partial charge on any atom is 0.261 e. The highest BCUT2D eigenvalue weighted by atomic mass is 16.5. The van der Waals surface area contributed by atoms with E-state index in [2.05, 4.69) is 23.6 Å². The van der Waals surface area contributed by atoms with Crippen molar-refractivity contribution in [2.75, 3.05) is 33.4 Å². The molecule has 0 N–H and O–H groups in total. The van der Waals surface area contributed by atoms with Crippen molar-refractivity contribution in [3.8, 4) is 0 Å². The van der Waals surface area contributed by atoms with E-state index >= 15 is 0 Å². The number of para-hydroxylation sites is 1. The summed E-state index contributed by atoms with van der Waals surface area (Å²) in [5, 5.41) is 0.633. The standard InChI is InChI=1S/C23H32N4O3/c1-16-15-25(11-12-26(16)22(28)18-7-6-8-18)17(2)21-24-20-10-5-4-9-19(20)23(29)27(21)13-14-30-3/h4-5,9-10,16-18H,6-8,11-15H2,1-3H3. The molecule has 1 aromatic carbocycles. The van der Waals surface area contributed by atoms with Crippen molar-refractivity contribution in [1.82, 2.24) is 19.4 Å². The minimum absolute atomic E-state index is 0.0219. The Labute approximate surface area is 177 Å². The summed E-state index contributed by atoms with van der Waals surface area (Å²) < 4.78 is 7.00. The molecule has 1 saturated heterocycles. The Kier molecular flexibility index (Phi) is 6.20. The third-order valence-corrected chi connectivity index (χ3v) is 6.73. The van der Waals surface area contributed by atoms with Crippen molar-refractivity contribution in [3.05, 3.63) is 40.4 Å². The molecule has 4 rings (SSSR count). The van der Waals surface area contributed by atoms with Gasteiger partial charge in [-0.1, -0.05) is 18.6 Å². The SMILES string of the molecule is COCCn1c(C(C)N2CCN(C(=O)C3CCC3)C(C)C2)nc2ccccc2c1=O. The Morgan fingerprint density at radius 1 is 1.27 bits per heavy atom. The van der Waals surface area contributed by atoms with Gasteiger partial charge in [-0.3, -0.25) is 19.1 Å². The molecule has 2 unspecified atom stereocenters. The van der Waals surface area contributed by atoms with E-state index in [0.717, 1.165) is 43.8 Å². The van der Waals surface area contributed by atoms with Crippen LogP contribution in [0.3, 0.4) is 0 Å². The summed E-state index contributed by atoms with van der Waals surface area (Å²) in [6.45, 7) is 7.47. The van der Waals surface area contributed by atoms with E-state index in [0.29, 0.717) is 24.4 Å². The van der Waals surface area contributed by atoms with Gasteiger partial charge in [-0.05, 0) is 38.8 Å². The Hall–Kier alpha value is -2.25. The van der Waals surface area contributed by atoms with Crippen molar-refractivity contribution < 1.29 is 9.53 Å². The molecular weight excluding hydrogens is 380 g/mol. The minimum atomic E-state index is -0.0254. The van der Waals surface area contributed by atoms with Crippen molar-refractivity contribution in [2.45, 2.75) is 51.7 Å². The Morgan fingerprint density at radius 2 is 2.03 bits per heavy atom. The molecule has 7 heteroatoms. The smallest absolute Gasteiger partial charge is 0.261 e. The number of hydrogen-bond donors (Lipinski definition) is 0. The van der Waals surface area contributed by atoms with Gasteiger partial charge in [0.15, 0.2) is 0 Å². The van der Waals surface area contributed by atoms with E-state index in [1.807, 2.05) is 24.3 Å². The number of aromatic nitrogens is 2. The second kappa shape index (κ2) is 8.86. The molecule has 162 valence electrons. The van der Waals surface area contributed by atoms with Crippen LogP contribution in [0.2, 0.25) is 0 Å². The lowest BCUT2D eigenvalue weighted by molar-refractivity contribution is -0.143. The maximum absolute atomic E-state index is 13.2. The zero-order valence-corrected chi connectivity index (χ0v) is 18.2. The lowest BCUT2D eigenvalue weighted by atomic mass is 9.84. The zero-order chi connectivity index (χ0) is 21.3. The number of amides is 1. The van der Waals surface area contributed by atoms with Crippen molar-refractivity contribution >= 4 is 16.8 Å². The molecule has 1 amide bonds. The van der Waals surface area contributed by atoms with E-state index in [9.17, 15) is 9.59 Å². The maximum atomic E-state index is 13.2. The van der Waals surface area contributed by atoms with E-state index in [-0.39, 0.29) is 23.6 Å². The number of nitrogens with zero attached hydrogens (tertiary/aromatic N) is 4. The summed E-state index contributed by atoms with van der Waals surface area (Å²) >= 11 is 0.